The maximum absolute atomic E-state index is 12.6. The number of esters is 1. The van der Waals surface area contributed by atoms with E-state index in [4.69, 9.17) is 4.74 Å². The molecule has 1 aliphatic heterocycles. The highest BCUT2D eigenvalue weighted by Crippen LogP contribution is 2.51. The molecule has 0 unspecified atom stereocenters. The SMILES string of the molecule is CC1(C)CC(C)(C)c2cc(C(=O)Oc3ccccc3C(=O)O)ccc2S1. The lowest BCUT2D eigenvalue weighted by atomic mass is 9.76. The van der Waals surface area contributed by atoms with Crippen LogP contribution < -0.4 is 4.74 Å². The highest BCUT2D eigenvalue weighted by molar-refractivity contribution is 8.00. The van der Waals surface area contributed by atoms with Gasteiger partial charge >= 0.3 is 11.9 Å². The standard InChI is InChI=1S/C21H22O4S/c1-20(2)12-21(3,4)26-17-10-9-13(11-15(17)20)19(24)25-16-8-6-5-7-14(16)18(22)23/h5-11H,12H2,1-4H3,(H,22,23). The van der Waals surface area contributed by atoms with Crippen LogP contribution in [0.4, 0.5) is 0 Å². The minimum atomic E-state index is -1.13. The van der Waals surface area contributed by atoms with Gasteiger partial charge in [-0.15, -0.1) is 11.8 Å². The first-order valence-electron chi connectivity index (χ1n) is 8.47. The summed E-state index contributed by atoms with van der Waals surface area (Å²) in [6, 6.07) is 11.7. The van der Waals surface area contributed by atoms with E-state index in [0.717, 1.165) is 12.0 Å². The molecular weight excluding hydrogens is 348 g/mol. The second kappa shape index (κ2) is 6.47. The van der Waals surface area contributed by atoms with Crippen LogP contribution in [0.15, 0.2) is 47.4 Å². The van der Waals surface area contributed by atoms with E-state index in [2.05, 4.69) is 27.7 Å². The molecule has 2 aromatic rings. The number of carbonyl (C=O) groups excluding carboxylic acids is 1. The third-order valence-corrected chi connectivity index (χ3v) is 5.79. The van der Waals surface area contributed by atoms with Crippen LogP contribution in [0.3, 0.4) is 0 Å². The molecule has 0 saturated carbocycles. The van der Waals surface area contributed by atoms with E-state index in [0.29, 0.717) is 5.56 Å². The van der Waals surface area contributed by atoms with Crippen molar-refractivity contribution in [3.05, 3.63) is 59.2 Å². The Labute approximate surface area is 157 Å². The fraction of sp³-hybridized carbons (Fsp3) is 0.333. The summed E-state index contributed by atoms with van der Waals surface area (Å²) >= 11 is 1.82. The summed E-state index contributed by atoms with van der Waals surface area (Å²) in [4.78, 5) is 25.0. The van der Waals surface area contributed by atoms with Crippen LogP contribution >= 0.6 is 11.8 Å². The summed E-state index contributed by atoms with van der Waals surface area (Å²) in [6.07, 6.45) is 0.998. The molecule has 0 aliphatic carbocycles. The summed E-state index contributed by atoms with van der Waals surface area (Å²) in [7, 11) is 0. The first-order valence-corrected chi connectivity index (χ1v) is 9.29. The number of para-hydroxylation sites is 1. The zero-order chi connectivity index (χ0) is 19.1. The summed E-state index contributed by atoms with van der Waals surface area (Å²) in [5.74, 6) is -1.62. The van der Waals surface area contributed by atoms with Gasteiger partial charge in [0.25, 0.3) is 0 Å². The molecule has 0 radical (unpaired) electrons. The van der Waals surface area contributed by atoms with Gasteiger partial charge in [0.15, 0.2) is 0 Å². The van der Waals surface area contributed by atoms with Crippen molar-refractivity contribution < 1.29 is 19.4 Å². The minimum absolute atomic E-state index is 0.0311. The van der Waals surface area contributed by atoms with Gasteiger partial charge in [0, 0.05) is 9.64 Å². The number of ether oxygens (including phenoxy) is 1. The third-order valence-electron chi connectivity index (χ3n) is 4.52. The third kappa shape index (κ3) is 3.63. The fourth-order valence-corrected chi connectivity index (χ4v) is 5.27. The molecule has 1 N–H and O–H groups in total. The Hall–Kier alpha value is -2.27. The predicted octanol–water partition coefficient (Wildman–Crippen LogP) is 5.16. The molecule has 1 aliphatic rings. The van der Waals surface area contributed by atoms with E-state index in [1.54, 1.807) is 18.2 Å². The Morgan fingerprint density at radius 1 is 1.08 bits per heavy atom. The number of hydrogen-bond donors (Lipinski definition) is 1. The van der Waals surface area contributed by atoms with Gasteiger partial charge in [0.05, 0.1) is 5.56 Å². The number of carboxylic acids is 1. The van der Waals surface area contributed by atoms with Gasteiger partial charge in [-0.05, 0) is 47.7 Å². The van der Waals surface area contributed by atoms with E-state index >= 15 is 0 Å². The average molecular weight is 370 g/mol. The number of benzene rings is 2. The van der Waals surface area contributed by atoms with Gasteiger partial charge in [0.1, 0.15) is 11.3 Å². The Morgan fingerprint density at radius 2 is 1.77 bits per heavy atom. The van der Waals surface area contributed by atoms with Crippen LogP contribution in [-0.2, 0) is 5.41 Å². The Balaban J connectivity index is 1.92. The molecule has 0 atom stereocenters. The fourth-order valence-electron chi connectivity index (χ4n) is 3.66. The molecule has 0 fully saturated rings. The summed E-state index contributed by atoms with van der Waals surface area (Å²) in [6.45, 7) is 8.82. The van der Waals surface area contributed by atoms with Crippen LogP contribution in [0, 0.1) is 0 Å². The lowest BCUT2D eigenvalue weighted by Crippen LogP contribution is -2.34. The van der Waals surface area contributed by atoms with E-state index in [-0.39, 0.29) is 21.5 Å². The van der Waals surface area contributed by atoms with E-state index in [1.807, 2.05) is 23.9 Å². The monoisotopic (exact) mass is 370 g/mol. The quantitative estimate of drug-likeness (QED) is 0.597. The Morgan fingerprint density at radius 3 is 2.46 bits per heavy atom. The van der Waals surface area contributed by atoms with Gasteiger partial charge in [-0.1, -0.05) is 39.8 Å². The average Bonchev–Trinajstić information content (AvgIpc) is 2.53. The second-order valence-electron chi connectivity index (χ2n) is 7.82. The van der Waals surface area contributed by atoms with Gasteiger partial charge < -0.3 is 9.84 Å². The predicted molar refractivity (Wildman–Crippen MR) is 102 cm³/mol. The maximum atomic E-state index is 12.6. The van der Waals surface area contributed by atoms with Crippen molar-refractivity contribution in [2.75, 3.05) is 0 Å². The van der Waals surface area contributed by atoms with Crippen LogP contribution in [-0.4, -0.2) is 21.8 Å². The number of aromatic carboxylic acids is 1. The second-order valence-corrected chi connectivity index (χ2v) is 9.57. The molecule has 136 valence electrons. The minimum Gasteiger partial charge on any atom is -0.478 e. The van der Waals surface area contributed by atoms with Crippen molar-refractivity contribution in [3.8, 4) is 5.75 Å². The Kier molecular flexibility index (Phi) is 4.61. The summed E-state index contributed by atoms with van der Waals surface area (Å²) < 4.78 is 5.50. The molecule has 1 heterocycles. The molecule has 4 nitrogen and oxygen atoms in total. The maximum Gasteiger partial charge on any atom is 0.343 e. The molecule has 26 heavy (non-hydrogen) atoms. The summed E-state index contributed by atoms with van der Waals surface area (Å²) in [5, 5.41) is 9.23. The van der Waals surface area contributed by atoms with Crippen molar-refractivity contribution in [1.29, 1.82) is 0 Å². The summed E-state index contributed by atoms with van der Waals surface area (Å²) in [5.41, 5.74) is 1.47. The molecule has 3 rings (SSSR count). The highest BCUT2D eigenvalue weighted by Gasteiger charge is 2.38. The molecule has 5 heteroatoms. The molecule has 0 saturated heterocycles. The van der Waals surface area contributed by atoms with E-state index in [1.165, 1.54) is 17.0 Å². The van der Waals surface area contributed by atoms with Crippen LogP contribution in [0.2, 0.25) is 0 Å². The van der Waals surface area contributed by atoms with Crippen LogP contribution in [0.5, 0.6) is 5.75 Å². The largest absolute Gasteiger partial charge is 0.478 e. The number of carboxylic acid groups (broad SMARTS) is 1. The molecule has 0 amide bonds. The van der Waals surface area contributed by atoms with E-state index < -0.39 is 11.9 Å². The number of fused-ring (bicyclic) bond motifs is 1. The zero-order valence-corrected chi connectivity index (χ0v) is 16.1. The number of hydrogen-bond acceptors (Lipinski definition) is 4. The van der Waals surface area contributed by atoms with Crippen LogP contribution in [0.1, 0.15) is 60.4 Å². The smallest absolute Gasteiger partial charge is 0.343 e. The number of carbonyl (C=O) groups is 2. The highest BCUT2D eigenvalue weighted by atomic mass is 32.2. The van der Waals surface area contributed by atoms with Gasteiger partial charge in [-0.25, -0.2) is 9.59 Å². The first kappa shape index (κ1) is 18.5. The normalized spacial score (nSPS) is 17.2. The lowest BCUT2D eigenvalue weighted by Gasteiger charge is -2.41. The van der Waals surface area contributed by atoms with E-state index in [9.17, 15) is 14.7 Å². The number of rotatable bonds is 3. The van der Waals surface area contributed by atoms with Gasteiger partial charge in [-0.3, -0.25) is 0 Å². The molecule has 0 bridgehead atoms. The molecule has 2 aromatic carbocycles. The first-order chi connectivity index (χ1) is 12.1. The molecule has 0 aromatic heterocycles. The molecule has 0 spiro atoms. The van der Waals surface area contributed by atoms with Crippen molar-refractivity contribution in [3.63, 3.8) is 0 Å². The van der Waals surface area contributed by atoms with Crippen molar-refractivity contribution >= 4 is 23.7 Å². The topological polar surface area (TPSA) is 63.6 Å². The zero-order valence-electron chi connectivity index (χ0n) is 15.3. The van der Waals surface area contributed by atoms with Crippen molar-refractivity contribution in [2.45, 2.75) is 49.2 Å². The van der Waals surface area contributed by atoms with Gasteiger partial charge in [-0.2, -0.15) is 0 Å². The van der Waals surface area contributed by atoms with Crippen molar-refractivity contribution in [2.24, 2.45) is 0 Å². The number of thioether (sulfide) groups is 1. The van der Waals surface area contributed by atoms with Crippen LogP contribution in [0.25, 0.3) is 0 Å². The Bertz CT molecular complexity index is 883. The van der Waals surface area contributed by atoms with Crippen molar-refractivity contribution in [1.82, 2.24) is 0 Å². The lowest BCUT2D eigenvalue weighted by molar-refractivity contribution is 0.0681. The van der Waals surface area contributed by atoms with Gasteiger partial charge in [0.2, 0.25) is 0 Å². The molecular formula is C21H22O4S.